The molecule has 3 heteroatoms. The molecule has 1 saturated carbocycles. The molecule has 0 heterocycles. The molecule has 0 bridgehead atoms. The summed E-state index contributed by atoms with van der Waals surface area (Å²) in [6.45, 7) is 2.11. The van der Waals surface area contributed by atoms with Crippen molar-refractivity contribution in [2.45, 2.75) is 32.2 Å². The zero-order valence-electron chi connectivity index (χ0n) is 8.76. The highest BCUT2D eigenvalue weighted by Gasteiger charge is 2.42. The van der Waals surface area contributed by atoms with Gasteiger partial charge in [0.05, 0.1) is 0 Å². The highest BCUT2D eigenvalue weighted by Crippen LogP contribution is 2.48. The lowest BCUT2D eigenvalue weighted by Gasteiger charge is -2.18. The summed E-state index contributed by atoms with van der Waals surface area (Å²) in [5.74, 6) is -1.03. The molecule has 0 aliphatic heterocycles. The number of rotatable bonds is 3. The molecule has 1 aromatic rings. The predicted molar refractivity (Wildman–Crippen MR) is 55.4 cm³/mol. The molecule has 2 rings (SSSR count). The third kappa shape index (κ3) is 2.17. The lowest BCUT2D eigenvalue weighted by atomic mass is 9.93. The summed E-state index contributed by atoms with van der Waals surface area (Å²) < 4.78 is 26.0. The topological polar surface area (TPSA) is 26.0 Å². The van der Waals surface area contributed by atoms with Gasteiger partial charge in [0.25, 0.3) is 0 Å². The van der Waals surface area contributed by atoms with Crippen molar-refractivity contribution in [2.24, 2.45) is 11.1 Å². The molecule has 0 amide bonds. The number of halogens is 2. The van der Waals surface area contributed by atoms with E-state index in [1.165, 1.54) is 12.1 Å². The number of benzene rings is 1. The summed E-state index contributed by atoms with van der Waals surface area (Å²) in [6.07, 6.45) is 2.70. The third-order valence-corrected chi connectivity index (χ3v) is 3.39. The summed E-state index contributed by atoms with van der Waals surface area (Å²) in [5, 5.41) is 0. The largest absolute Gasteiger partial charge is 0.327 e. The van der Waals surface area contributed by atoms with Gasteiger partial charge in [0, 0.05) is 12.1 Å². The van der Waals surface area contributed by atoms with E-state index in [0.717, 1.165) is 18.9 Å². The molecular weight excluding hydrogens is 196 g/mol. The molecule has 1 fully saturated rings. The van der Waals surface area contributed by atoms with Crippen LogP contribution >= 0.6 is 0 Å². The first-order chi connectivity index (χ1) is 7.01. The van der Waals surface area contributed by atoms with E-state index in [9.17, 15) is 8.78 Å². The van der Waals surface area contributed by atoms with Crippen LogP contribution in [0.4, 0.5) is 8.78 Å². The minimum atomic E-state index is -0.539. The minimum Gasteiger partial charge on any atom is -0.327 e. The van der Waals surface area contributed by atoms with Crippen molar-refractivity contribution in [1.29, 1.82) is 0 Å². The first-order valence-electron chi connectivity index (χ1n) is 5.21. The molecule has 82 valence electrons. The second-order valence-electron chi connectivity index (χ2n) is 4.70. The Balaban J connectivity index is 2.10. The maximum atomic E-state index is 13.3. The van der Waals surface area contributed by atoms with Crippen LogP contribution in [0.15, 0.2) is 18.2 Å². The van der Waals surface area contributed by atoms with Crippen LogP contribution in [0.3, 0.4) is 0 Å². The fourth-order valence-corrected chi connectivity index (χ4v) is 1.74. The Morgan fingerprint density at radius 1 is 1.40 bits per heavy atom. The van der Waals surface area contributed by atoms with Crippen molar-refractivity contribution in [3.8, 4) is 0 Å². The lowest BCUT2D eigenvalue weighted by molar-refractivity contribution is 0.426. The Hall–Kier alpha value is -0.960. The van der Waals surface area contributed by atoms with Gasteiger partial charge in [-0.1, -0.05) is 13.0 Å². The minimum absolute atomic E-state index is 0.0301. The predicted octanol–water partition coefficient (Wildman–Crippen LogP) is 2.63. The van der Waals surface area contributed by atoms with E-state index < -0.39 is 11.6 Å². The van der Waals surface area contributed by atoms with Crippen LogP contribution in [0.25, 0.3) is 0 Å². The molecule has 1 aromatic carbocycles. The Morgan fingerprint density at radius 3 is 2.60 bits per heavy atom. The maximum absolute atomic E-state index is 13.3. The molecule has 0 radical (unpaired) electrons. The van der Waals surface area contributed by atoms with Gasteiger partial charge in [-0.2, -0.15) is 0 Å². The fraction of sp³-hybridized carbons (Fsp3) is 0.500. The first kappa shape index (κ1) is 10.6. The summed E-state index contributed by atoms with van der Waals surface area (Å²) in [4.78, 5) is 0. The average molecular weight is 211 g/mol. The standard InChI is InChI=1S/C12H15F2N/c1-12(4-5-12)11(15)6-8-2-3-9(13)7-10(8)14/h2-3,7,11H,4-6,15H2,1H3. The highest BCUT2D eigenvalue weighted by atomic mass is 19.1. The van der Waals surface area contributed by atoms with Gasteiger partial charge in [-0.25, -0.2) is 8.78 Å². The summed E-state index contributed by atoms with van der Waals surface area (Å²) >= 11 is 0. The van der Waals surface area contributed by atoms with Gasteiger partial charge in [0.15, 0.2) is 0 Å². The molecule has 1 aliphatic rings. The Kier molecular flexibility index (Phi) is 2.51. The molecule has 1 unspecified atom stereocenters. The van der Waals surface area contributed by atoms with Crippen LogP contribution in [0.2, 0.25) is 0 Å². The van der Waals surface area contributed by atoms with E-state index in [2.05, 4.69) is 6.92 Å². The monoisotopic (exact) mass is 211 g/mol. The molecule has 2 N–H and O–H groups in total. The van der Waals surface area contributed by atoms with E-state index >= 15 is 0 Å². The van der Waals surface area contributed by atoms with E-state index in [1.54, 1.807) is 0 Å². The van der Waals surface area contributed by atoms with Crippen LogP contribution in [0.5, 0.6) is 0 Å². The van der Waals surface area contributed by atoms with Gasteiger partial charge >= 0.3 is 0 Å². The Bertz CT molecular complexity index is 372. The molecule has 0 spiro atoms. The molecule has 1 atom stereocenters. The van der Waals surface area contributed by atoms with Gasteiger partial charge in [0.2, 0.25) is 0 Å². The molecule has 1 aliphatic carbocycles. The zero-order valence-corrected chi connectivity index (χ0v) is 8.76. The lowest BCUT2D eigenvalue weighted by Crippen LogP contribution is -2.32. The Morgan fingerprint density at radius 2 is 2.07 bits per heavy atom. The van der Waals surface area contributed by atoms with Gasteiger partial charge in [-0.3, -0.25) is 0 Å². The number of hydrogen-bond acceptors (Lipinski definition) is 1. The van der Waals surface area contributed by atoms with Crippen LogP contribution in [-0.4, -0.2) is 6.04 Å². The van der Waals surface area contributed by atoms with Crippen molar-refractivity contribution >= 4 is 0 Å². The second-order valence-corrected chi connectivity index (χ2v) is 4.70. The Labute approximate surface area is 88.3 Å². The molecular formula is C12H15F2N. The average Bonchev–Trinajstić information content (AvgIpc) is 2.90. The van der Waals surface area contributed by atoms with Crippen molar-refractivity contribution in [1.82, 2.24) is 0 Å². The quantitative estimate of drug-likeness (QED) is 0.817. The summed E-state index contributed by atoms with van der Waals surface area (Å²) in [7, 11) is 0. The molecule has 0 saturated heterocycles. The smallest absolute Gasteiger partial charge is 0.129 e. The van der Waals surface area contributed by atoms with Gasteiger partial charge in [-0.05, 0) is 36.3 Å². The summed E-state index contributed by atoms with van der Waals surface area (Å²) in [5.41, 5.74) is 6.67. The van der Waals surface area contributed by atoms with E-state index in [-0.39, 0.29) is 11.5 Å². The number of nitrogens with two attached hydrogens (primary N) is 1. The van der Waals surface area contributed by atoms with Crippen LogP contribution in [-0.2, 0) is 6.42 Å². The second kappa shape index (κ2) is 3.56. The van der Waals surface area contributed by atoms with Gasteiger partial charge in [-0.15, -0.1) is 0 Å². The third-order valence-electron chi connectivity index (χ3n) is 3.39. The van der Waals surface area contributed by atoms with Crippen molar-refractivity contribution < 1.29 is 8.78 Å². The first-order valence-corrected chi connectivity index (χ1v) is 5.21. The molecule has 1 nitrogen and oxygen atoms in total. The van der Waals surface area contributed by atoms with Crippen molar-refractivity contribution in [3.63, 3.8) is 0 Å². The van der Waals surface area contributed by atoms with Gasteiger partial charge in [0.1, 0.15) is 11.6 Å². The van der Waals surface area contributed by atoms with Crippen LogP contribution < -0.4 is 5.73 Å². The maximum Gasteiger partial charge on any atom is 0.129 e. The molecule has 0 aromatic heterocycles. The fourth-order valence-electron chi connectivity index (χ4n) is 1.74. The van der Waals surface area contributed by atoms with Crippen molar-refractivity contribution in [3.05, 3.63) is 35.4 Å². The molecule has 15 heavy (non-hydrogen) atoms. The summed E-state index contributed by atoms with van der Waals surface area (Å²) in [6, 6.07) is 3.64. The number of hydrogen-bond donors (Lipinski definition) is 1. The van der Waals surface area contributed by atoms with Crippen LogP contribution in [0, 0.1) is 17.0 Å². The van der Waals surface area contributed by atoms with Gasteiger partial charge < -0.3 is 5.73 Å². The van der Waals surface area contributed by atoms with Crippen LogP contribution in [0.1, 0.15) is 25.3 Å². The van der Waals surface area contributed by atoms with Crippen molar-refractivity contribution in [2.75, 3.05) is 0 Å². The van der Waals surface area contributed by atoms with E-state index in [0.29, 0.717) is 12.0 Å². The normalized spacial score (nSPS) is 20.0. The van der Waals surface area contributed by atoms with E-state index in [4.69, 9.17) is 5.73 Å². The SMILES string of the molecule is CC1(C(N)Cc2ccc(F)cc2F)CC1. The highest BCUT2D eigenvalue weighted by molar-refractivity contribution is 5.20. The zero-order chi connectivity index (χ0) is 11.1. The van der Waals surface area contributed by atoms with E-state index in [1.807, 2.05) is 0 Å².